The van der Waals surface area contributed by atoms with Crippen LogP contribution in [0.3, 0.4) is 0 Å². The zero-order valence-corrected chi connectivity index (χ0v) is 15.6. The van der Waals surface area contributed by atoms with Crippen molar-refractivity contribution < 1.29 is 0 Å². The third kappa shape index (κ3) is 4.07. The van der Waals surface area contributed by atoms with Gasteiger partial charge >= 0.3 is 0 Å². The van der Waals surface area contributed by atoms with E-state index in [1.54, 1.807) is 12.1 Å². The number of aromatic amines is 1. The van der Waals surface area contributed by atoms with E-state index < -0.39 is 0 Å². The van der Waals surface area contributed by atoms with Crippen molar-refractivity contribution in [2.45, 2.75) is 13.0 Å². The van der Waals surface area contributed by atoms with Crippen molar-refractivity contribution in [1.29, 1.82) is 0 Å². The molecule has 2 heterocycles. The Kier molecular flexibility index (Phi) is 5.73. The van der Waals surface area contributed by atoms with Crippen LogP contribution in [0.2, 0.25) is 5.02 Å². The van der Waals surface area contributed by atoms with Crippen molar-refractivity contribution in [2.24, 2.45) is 0 Å². The Balaban J connectivity index is 0.00000192. The lowest BCUT2D eigenvalue weighted by atomic mass is 10.1. The summed E-state index contributed by atoms with van der Waals surface area (Å²) in [6.07, 6.45) is 0. The van der Waals surface area contributed by atoms with E-state index >= 15 is 0 Å². The van der Waals surface area contributed by atoms with Crippen LogP contribution in [0, 0.1) is 0 Å². The largest absolute Gasteiger partial charge is 0.363 e. The second-order valence-corrected chi connectivity index (χ2v) is 6.25. The minimum Gasteiger partial charge on any atom is -0.363 e. The molecule has 0 spiro atoms. The monoisotopic (exact) mass is 411 g/mol. The van der Waals surface area contributed by atoms with Gasteiger partial charge in [-0.3, -0.25) is 4.79 Å². The normalized spacial score (nSPS) is 11.8. The minimum atomic E-state index is -0.186. The number of rotatable bonds is 3. The lowest BCUT2D eigenvalue weighted by Crippen LogP contribution is -2.19. The Morgan fingerprint density at radius 3 is 2.78 bits per heavy atom. The minimum absolute atomic E-state index is 0. The van der Waals surface area contributed by atoms with Crippen molar-refractivity contribution in [3.63, 3.8) is 0 Å². The Morgan fingerprint density at radius 2 is 2.04 bits per heavy atom. The van der Waals surface area contributed by atoms with Gasteiger partial charge in [-0.1, -0.05) is 17.7 Å². The first kappa shape index (κ1) is 17.8. The third-order valence-electron chi connectivity index (χ3n) is 3.38. The highest BCUT2D eigenvalue weighted by Gasteiger charge is 2.12. The van der Waals surface area contributed by atoms with Crippen LogP contribution < -0.4 is 10.9 Å². The van der Waals surface area contributed by atoms with Crippen LogP contribution in [0.5, 0.6) is 0 Å². The number of pyridine rings is 2. The van der Waals surface area contributed by atoms with Gasteiger partial charge < -0.3 is 10.3 Å². The molecule has 2 aromatic heterocycles. The standard InChI is InChI=1S/C16H13BrClN3O.H2S/c1-9(19-15-4-2-3-14(17)21-15)12-8-10-7-11(18)5-6-13(10)20-16(12)22;/h2-9H,1H3,(H,19,21)(H,20,22);1H2/t9-;/m0./s1. The Labute approximate surface area is 153 Å². The fourth-order valence-corrected chi connectivity index (χ4v) is 2.83. The predicted molar refractivity (Wildman–Crippen MR) is 104 cm³/mol. The molecule has 0 radical (unpaired) electrons. The summed E-state index contributed by atoms with van der Waals surface area (Å²) in [6.45, 7) is 1.92. The lowest BCUT2D eigenvalue weighted by Gasteiger charge is -2.15. The van der Waals surface area contributed by atoms with Gasteiger partial charge in [0.2, 0.25) is 0 Å². The smallest absolute Gasteiger partial charge is 0.253 e. The molecule has 0 saturated heterocycles. The molecule has 1 aromatic carbocycles. The number of hydrogen-bond acceptors (Lipinski definition) is 3. The molecule has 0 aliphatic rings. The molecule has 0 aliphatic heterocycles. The Bertz CT molecular complexity index is 900. The summed E-state index contributed by atoms with van der Waals surface area (Å²) in [5, 5.41) is 4.76. The summed E-state index contributed by atoms with van der Waals surface area (Å²) < 4.78 is 0.740. The summed E-state index contributed by atoms with van der Waals surface area (Å²) in [5.74, 6) is 0.701. The first-order valence-corrected chi connectivity index (χ1v) is 7.91. The van der Waals surface area contributed by atoms with Crippen LogP contribution in [0.4, 0.5) is 5.82 Å². The van der Waals surface area contributed by atoms with Gasteiger partial charge in [0.05, 0.1) is 6.04 Å². The highest BCUT2D eigenvalue weighted by atomic mass is 79.9. The van der Waals surface area contributed by atoms with Gasteiger partial charge in [0.1, 0.15) is 10.4 Å². The zero-order chi connectivity index (χ0) is 15.7. The van der Waals surface area contributed by atoms with Gasteiger partial charge in [0.15, 0.2) is 0 Å². The predicted octanol–water partition coefficient (Wildman–Crippen LogP) is 4.62. The molecule has 0 amide bonds. The highest BCUT2D eigenvalue weighted by molar-refractivity contribution is 9.10. The van der Waals surface area contributed by atoms with E-state index in [1.165, 1.54) is 0 Å². The van der Waals surface area contributed by atoms with Gasteiger partial charge in [0, 0.05) is 21.5 Å². The van der Waals surface area contributed by atoms with Crippen LogP contribution >= 0.6 is 41.0 Å². The fraction of sp³-hybridized carbons (Fsp3) is 0.125. The Morgan fingerprint density at radius 1 is 1.26 bits per heavy atom. The van der Waals surface area contributed by atoms with Crippen molar-refractivity contribution in [1.82, 2.24) is 9.97 Å². The molecule has 120 valence electrons. The molecule has 23 heavy (non-hydrogen) atoms. The molecule has 0 fully saturated rings. The summed E-state index contributed by atoms with van der Waals surface area (Å²) in [5.41, 5.74) is 1.28. The lowest BCUT2D eigenvalue weighted by molar-refractivity contribution is 0.856. The second kappa shape index (κ2) is 7.38. The van der Waals surface area contributed by atoms with E-state index in [1.807, 2.05) is 37.3 Å². The van der Waals surface area contributed by atoms with Crippen molar-refractivity contribution in [2.75, 3.05) is 5.32 Å². The zero-order valence-electron chi connectivity index (χ0n) is 12.2. The number of anilines is 1. The maximum atomic E-state index is 12.3. The van der Waals surface area contributed by atoms with Crippen LogP contribution in [-0.4, -0.2) is 9.97 Å². The molecule has 0 bridgehead atoms. The molecule has 0 aliphatic carbocycles. The molecular weight excluding hydrogens is 398 g/mol. The number of nitrogens with one attached hydrogen (secondary N) is 2. The molecule has 3 rings (SSSR count). The number of aromatic nitrogens is 2. The molecule has 0 saturated carbocycles. The summed E-state index contributed by atoms with van der Waals surface area (Å²) in [7, 11) is 0. The maximum absolute atomic E-state index is 12.3. The van der Waals surface area contributed by atoms with Gasteiger partial charge in [-0.05, 0) is 59.3 Å². The maximum Gasteiger partial charge on any atom is 0.253 e. The van der Waals surface area contributed by atoms with Gasteiger partial charge in [0.25, 0.3) is 5.56 Å². The SMILES string of the molecule is C[C@H](Nc1cccc(Br)n1)c1cc2cc(Cl)ccc2[nH]c1=O.S. The summed E-state index contributed by atoms with van der Waals surface area (Å²) in [6, 6.07) is 12.7. The fourth-order valence-electron chi connectivity index (χ4n) is 2.30. The Hall–Kier alpha value is -1.50. The first-order valence-electron chi connectivity index (χ1n) is 6.74. The molecule has 3 aromatic rings. The van der Waals surface area contributed by atoms with E-state index in [2.05, 4.69) is 31.2 Å². The summed E-state index contributed by atoms with van der Waals surface area (Å²) >= 11 is 9.34. The van der Waals surface area contributed by atoms with Gasteiger partial charge in [-0.25, -0.2) is 4.98 Å². The third-order valence-corrected chi connectivity index (χ3v) is 4.06. The second-order valence-electron chi connectivity index (χ2n) is 5.00. The molecule has 2 N–H and O–H groups in total. The number of hydrogen-bond donors (Lipinski definition) is 2. The van der Waals surface area contributed by atoms with Crippen molar-refractivity contribution >= 4 is 57.7 Å². The van der Waals surface area contributed by atoms with Crippen molar-refractivity contribution in [3.05, 3.63) is 68.0 Å². The van der Waals surface area contributed by atoms with E-state index in [9.17, 15) is 4.79 Å². The van der Waals surface area contributed by atoms with Crippen LogP contribution in [0.1, 0.15) is 18.5 Å². The molecule has 1 atom stereocenters. The van der Waals surface area contributed by atoms with E-state index in [-0.39, 0.29) is 25.1 Å². The van der Waals surface area contributed by atoms with E-state index in [0.29, 0.717) is 16.4 Å². The topological polar surface area (TPSA) is 57.8 Å². The van der Waals surface area contributed by atoms with E-state index in [4.69, 9.17) is 11.6 Å². The number of H-pyrrole nitrogens is 1. The average molecular weight is 413 g/mol. The van der Waals surface area contributed by atoms with E-state index in [0.717, 1.165) is 15.5 Å². The van der Waals surface area contributed by atoms with Crippen molar-refractivity contribution in [3.8, 4) is 0 Å². The number of benzene rings is 1. The highest BCUT2D eigenvalue weighted by Crippen LogP contribution is 2.21. The van der Waals surface area contributed by atoms with Gasteiger partial charge in [-0.2, -0.15) is 13.5 Å². The first-order chi connectivity index (χ1) is 10.5. The molecule has 7 heteroatoms. The number of halogens is 2. The summed E-state index contributed by atoms with van der Waals surface area (Å²) in [4.78, 5) is 19.5. The van der Waals surface area contributed by atoms with Crippen LogP contribution in [-0.2, 0) is 0 Å². The average Bonchev–Trinajstić information content (AvgIpc) is 2.47. The van der Waals surface area contributed by atoms with Crippen LogP contribution in [0.15, 0.2) is 51.9 Å². The number of nitrogens with zero attached hydrogens (tertiary/aromatic N) is 1. The molecule has 0 unspecified atom stereocenters. The van der Waals surface area contributed by atoms with Crippen LogP contribution in [0.25, 0.3) is 10.9 Å². The number of fused-ring (bicyclic) bond motifs is 1. The molecule has 4 nitrogen and oxygen atoms in total. The molecular formula is C16H15BrClN3OS. The van der Waals surface area contributed by atoms with Gasteiger partial charge in [-0.15, -0.1) is 0 Å². The quantitative estimate of drug-likeness (QED) is 0.617.